The summed E-state index contributed by atoms with van der Waals surface area (Å²) in [5.41, 5.74) is 1.08. The van der Waals surface area contributed by atoms with E-state index in [1.54, 1.807) is 12.1 Å². The monoisotopic (exact) mass is 224 g/mol. The number of phenolic OH excluding ortho intramolecular Hbond substituents is 1. The predicted molar refractivity (Wildman–Crippen MR) is 61.6 cm³/mol. The molecule has 1 N–H and O–H groups in total. The van der Waals surface area contributed by atoms with Gasteiger partial charge in [0.25, 0.3) is 6.47 Å². The van der Waals surface area contributed by atoms with E-state index < -0.39 is 0 Å². The summed E-state index contributed by atoms with van der Waals surface area (Å²) in [5, 5.41) is 9.25. The van der Waals surface area contributed by atoms with Crippen LogP contribution in [-0.4, -0.2) is 25.8 Å². The van der Waals surface area contributed by atoms with Crippen LogP contribution in [0, 0.1) is 0 Å². The maximum Gasteiger partial charge on any atom is 0.292 e. The van der Waals surface area contributed by atoms with E-state index in [-0.39, 0.29) is 5.75 Å². The molecule has 0 heterocycles. The SMILES string of the molecule is C=CCc1ccc(O)c(OC)c1.COC=O. The highest BCUT2D eigenvalue weighted by Crippen LogP contribution is 2.26. The minimum absolute atomic E-state index is 0.172. The summed E-state index contributed by atoms with van der Waals surface area (Å²) < 4.78 is 8.81. The molecule has 88 valence electrons. The van der Waals surface area contributed by atoms with Gasteiger partial charge in [0, 0.05) is 0 Å². The molecule has 0 amide bonds. The van der Waals surface area contributed by atoms with E-state index in [1.807, 2.05) is 12.1 Å². The molecule has 4 heteroatoms. The van der Waals surface area contributed by atoms with Crippen molar-refractivity contribution in [3.05, 3.63) is 36.4 Å². The number of carbonyl (C=O) groups excluding carboxylic acids is 1. The molecule has 0 saturated heterocycles. The smallest absolute Gasteiger partial charge is 0.292 e. The molecule has 0 spiro atoms. The average Bonchev–Trinajstić information content (AvgIpc) is 2.32. The Balaban J connectivity index is 0.000000487. The van der Waals surface area contributed by atoms with Crippen molar-refractivity contribution in [2.24, 2.45) is 0 Å². The summed E-state index contributed by atoms with van der Waals surface area (Å²) in [5.74, 6) is 0.680. The van der Waals surface area contributed by atoms with E-state index in [9.17, 15) is 5.11 Å². The van der Waals surface area contributed by atoms with Crippen LogP contribution in [0.4, 0.5) is 0 Å². The minimum Gasteiger partial charge on any atom is -0.504 e. The van der Waals surface area contributed by atoms with Crippen LogP contribution in [-0.2, 0) is 16.0 Å². The van der Waals surface area contributed by atoms with Crippen molar-refractivity contribution in [1.82, 2.24) is 0 Å². The fraction of sp³-hybridized carbons (Fsp3) is 0.250. The van der Waals surface area contributed by atoms with Gasteiger partial charge in [0.05, 0.1) is 14.2 Å². The number of phenols is 1. The first-order chi connectivity index (χ1) is 7.69. The Morgan fingerprint density at radius 3 is 2.50 bits per heavy atom. The van der Waals surface area contributed by atoms with E-state index in [4.69, 9.17) is 9.53 Å². The molecule has 4 nitrogen and oxygen atoms in total. The molecular weight excluding hydrogens is 208 g/mol. The lowest BCUT2D eigenvalue weighted by atomic mass is 10.1. The van der Waals surface area contributed by atoms with Gasteiger partial charge in [-0.05, 0) is 24.1 Å². The number of rotatable bonds is 4. The van der Waals surface area contributed by atoms with Gasteiger partial charge in [-0.15, -0.1) is 6.58 Å². The van der Waals surface area contributed by atoms with Crippen LogP contribution in [0.25, 0.3) is 0 Å². The first-order valence-electron chi connectivity index (χ1n) is 4.62. The number of carbonyl (C=O) groups is 1. The van der Waals surface area contributed by atoms with Crippen molar-refractivity contribution < 1.29 is 19.4 Å². The van der Waals surface area contributed by atoms with Crippen LogP contribution < -0.4 is 4.74 Å². The van der Waals surface area contributed by atoms with Crippen molar-refractivity contribution in [3.8, 4) is 11.5 Å². The number of ether oxygens (including phenoxy) is 2. The average molecular weight is 224 g/mol. The van der Waals surface area contributed by atoms with Crippen molar-refractivity contribution in [2.45, 2.75) is 6.42 Å². The predicted octanol–water partition coefficient (Wildman–Crippen LogP) is 1.92. The third-order valence-corrected chi connectivity index (χ3v) is 1.72. The fourth-order valence-corrected chi connectivity index (χ4v) is 1.02. The van der Waals surface area contributed by atoms with E-state index >= 15 is 0 Å². The van der Waals surface area contributed by atoms with Crippen LogP contribution in [0.2, 0.25) is 0 Å². The summed E-state index contributed by atoms with van der Waals surface area (Å²) in [7, 11) is 2.85. The molecule has 0 atom stereocenters. The van der Waals surface area contributed by atoms with Crippen LogP contribution >= 0.6 is 0 Å². The Morgan fingerprint density at radius 2 is 2.06 bits per heavy atom. The van der Waals surface area contributed by atoms with E-state index in [2.05, 4.69) is 11.3 Å². The third kappa shape index (κ3) is 5.05. The summed E-state index contributed by atoms with van der Waals surface area (Å²) in [4.78, 5) is 8.95. The zero-order chi connectivity index (χ0) is 12.4. The third-order valence-electron chi connectivity index (χ3n) is 1.72. The minimum atomic E-state index is 0.172. The molecule has 16 heavy (non-hydrogen) atoms. The summed E-state index contributed by atoms with van der Waals surface area (Å²) >= 11 is 0. The van der Waals surface area contributed by atoms with Crippen molar-refractivity contribution in [3.63, 3.8) is 0 Å². The van der Waals surface area contributed by atoms with E-state index in [0.29, 0.717) is 12.2 Å². The van der Waals surface area contributed by atoms with Crippen molar-refractivity contribution in [1.29, 1.82) is 0 Å². The standard InChI is InChI=1S/C10H12O2.C2H4O2/c1-3-4-8-5-6-9(11)10(7-8)12-2;1-4-2-3/h3,5-7,11H,1,4H2,2H3;2H,1H3. The Morgan fingerprint density at radius 1 is 1.44 bits per heavy atom. The maximum atomic E-state index is 9.25. The normalized spacial score (nSPS) is 8.38. The van der Waals surface area contributed by atoms with Gasteiger partial charge in [-0.1, -0.05) is 12.1 Å². The number of aromatic hydroxyl groups is 1. The van der Waals surface area contributed by atoms with Crippen molar-refractivity contribution in [2.75, 3.05) is 14.2 Å². The molecule has 0 aliphatic heterocycles. The lowest BCUT2D eigenvalue weighted by Crippen LogP contribution is -1.86. The molecule has 1 aromatic rings. The molecule has 0 aliphatic carbocycles. The maximum absolute atomic E-state index is 9.25. The quantitative estimate of drug-likeness (QED) is 0.627. The van der Waals surface area contributed by atoms with Crippen LogP contribution in [0.1, 0.15) is 5.56 Å². The Bertz CT molecular complexity index is 334. The molecule has 0 aliphatic rings. The molecule has 0 aromatic heterocycles. The Hall–Kier alpha value is -1.97. The Kier molecular flexibility index (Phi) is 7.32. The first-order valence-corrected chi connectivity index (χ1v) is 4.62. The lowest BCUT2D eigenvalue weighted by Gasteiger charge is -2.04. The molecule has 0 radical (unpaired) electrons. The number of hydrogen-bond acceptors (Lipinski definition) is 4. The fourth-order valence-electron chi connectivity index (χ4n) is 1.02. The van der Waals surface area contributed by atoms with Gasteiger partial charge >= 0.3 is 0 Å². The number of benzene rings is 1. The summed E-state index contributed by atoms with van der Waals surface area (Å²) in [6.07, 6.45) is 2.60. The second-order valence-electron chi connectivity index (χ2n) is 2.83. The molecule has 1 aromatic carbocycles. The lowest BCUT2D eigenvalue weighted by molar-refractivity contribution is -0.126. The van der Waals surface area contributed by atoms with E-state index in [1.165, 1.54) is 14.2 Å². The van der Waals surface area contributed by atoms with Gasteiger partial charge in [-0.2, -0.15) is 0 Å². The number of hydrogen-bond donors (Lipinski definition) is 1. The molecule has 0 saturated carbocycles. The summed E-state index contributed by atoms with van der Waals surface area (Å²) in [6, 6.07) is 5.27. The van der Waals surface area contributed by atoms with Crippen molar-refractivity contribution >= 4 is 6.47 Å². The van der Waals surface area contributed by atoms with Gasteiger partial charge in [-0.3, -0.25) is 4.79 Å². The molecule has 0 unspecified atom stereocenters. The van der Waals surface area contributed by atoms with Crippen LogP contribution in [0.15, 0.2) is 30.9 Å². The molecule has 1 rings (SSSR count). The van der Waals surface area contributed by atoms with Crippen LogP contribution in [0.5, 0.6) is 11.5 Å². The highest BCUT2D eigenvalue weighted by Gasteiger charge is 2.00. The molecule has 0 bridgehead atoms. The van der Waals surface area contributed by atoms with Gasteiger partial charge in [0.15, 0.2) is 11.5 Å². The highest BCUT2D eigenvalue weighted by atomic mass is 16.5. The second kappa shape index (κ2) is 8.35. The zero-order valence-corrected chi connectivity index (χ0v) is 9.47. The second-order valence-corrected chi connectivity index (χ2v) is 2.83. The van der Waals surface area contributed by atoms with Crippen LogP contribution in [0.3, 0.4) is 0 Å². The zero-order valence-electron chi connectivity index (χ0n) is 9.47. The van der Waals surface area contributed by atoms with E-state index in [0.717, 1.165) is 12.0 Å². The first kappa shape index (κ1) is 14.0. The molecule has 0 fully saturated rings. The number of allylic oxidation sites excluding steroid dienone is 1. The topological polar surface area (TPSA) is 55.8 Å². The number of methoxy groups -OCH3 is 2. The van der Waals surface area contributed by atoms with Gasteiger partial charge in [0.2, 0.25) is 0 Å². The van der Waals surface area contributed by atoms with Gasteiger partial charge in [0.1, 0.15) is 0 Å². The Labute approximate surface area is 95.1 Å². The van der Waals surface area contributed by atoms with Gasteiger partial charge < -0.3 is 14.6 Å². The summed E-state index contributed by atoms with van der Waals surface area (Å²) in [6.45, 7) is 4.01. The highest BCUT2D eigenvalue weighted by molar-refractivity contribution is 5.42. The van der Waals surface area contributed by atoms with Gasteiger partial charge in [-0.25, -0.2) is 0 Å². The largest absolute Gasteiger partial charge is 0.504 e. The molecular formula is C12H16O4.